The monoisotopic (exact) mass is 290 g/mol. The van der Waals surface area contributed by atoms with Crippen molar-refractivity contribution in [3.8, 4) is 5.75 Å². The van der Waals surface area contributed by atoms with Crippen LogP contribution in [0.5, 0.6) is 5.75 Å². The van der Waals surface area contributed by atoms with Gasteiger partial charge in [-0.2, -0.15) is 0 Å². The van der Waals surface area contributed by atoms with E-state index in [1.54, 1.807) is 6.92 Å². The van der Waals surface area contributed by atoms with Gasteiger partial charge >= 0.3 is 5.97 Å². The maximum Gasteiger partial charge on any atom is 0.344 e. The van der Waals surface area contributed by atoms with E-state index in [-0.39, 0.29) is 17.1 Å². The molecule has 1 aliphatic heterocycles. The van der Waals surface area contributed by atoms with Crippen molar-refractivity contribution < 1.29 is 28.9 Å². The number of phenolic OH excluding ortho intramolecular Hbond substituents is 1. The Morgan fingerprint density at radius 1 is 1.24 bits per heavy atom. The number of aromatic hydroxyl groups is 1. The Morgan fingerprint density at radius 3 is 2.57 bits per heavy atom. The van der Waals surface area contributed by atoms with Crippen LogP contribution in [0.4, 0.5) is 0 Å². The summed E-state index contributed by atoms with van der Waals surface area (Å²) in [7, 11) is 2.84. The third kappa shape index (κ3) is 1.76. The van der Waals surface area contributed by atoms with Gasteiger partial charge in [0.2, 0.25) is 6.29 Å². The molecular weight excluding hydrogens is 276 g/mol. The summed E-state index contributed by atoms with van der Waals surface area (Å²) in [5, 5.41) is 10.1. The van der Waals surface area contributed by atoms with Crippen LogP contribution in [0.2, 0.25) is 0 Å². The second-order valence-corrected chi connectivity index (χ2v) is 4.98. The minimum atomic E-state index is -0.899. The standard InChI is InChI=1S/C15H14O6/c1-6-4-7(16)11-13-10(6)8(17)5-9(19-2)12(13)15(20-3)21-14(11)18/h4-5,12,15-16H,1-3H3. The molecule has 110 valence electrons. The summed E-state index contributed by atoms with van der Waals surface area (Å²) in [4.78, 5) is 24.4. The van der Waals surface area contributed by atoms with Gasteiger partial charge in [-0.25, -0.2) is 4.79 Å². The van der Waals surface area contributed by atoms with Crippen molar-refractivity contribution in [3.05, 3.63) is 40.2 Å². The first-order valence-electron chi connectivity index (χ1n) is 6.39. The molecule has 6 nitrogen and oxygen atoms in total. The molecule has 1 aromatic rings. The van der Waals surface area contributed by atoms with Crippen LogP contribution < -0.4 is 0 Å². The molecule has 2 aliphatic rings. The molecule has 1 aromatic carbocycles. The quantitative estimate of drug-likeness (QED) is 0.834. The van der Waals surface area contributed by atoms with Crippen LogP contribution in [0, 0.1) is 6.92 Å². The molecule has 2 unspecified atom stereocenters. The fraction of sp³-hybridized carbons (Fsp3) is 0.333. The number of allylic oxidation sites excluding steroid dienone is 1. The number of rotatable bonds is 2. The van der Waals surface area contributed by atoms with Gasteiger partial charge in [-0.3, -0.25) is 4.79 Å². The number of ketones is 1. The summed E-state index contributed by atoms with van der Waals surface area (Å²) in [6.45, 7) is 1.71. The molecule has 0 aromatic heterocycles. The van der Waals surface area contributed by atoms with Gasteiger partial charge in [-0.05, 0) is 24.1 Å². The molecule has 0 saturated carbocycles. The number of ether oxygens (including phenoxy) is 3. The zero-order valence-electron chi connectivity index (χ0n) is 11.8. The molecule has 0 spiro atoms. The molecule has 1 aliphatic carbocycles. The molecule has 0 radical (unpaired) electrons. The van der Waals surface area contributed by atoms with Gasteiger partial charge in [0.15, 0.2) is 5.78 Å². The summed E-state index contributed by atoms with van der Waals surface area (Å²) >= 11 is 0. The van der Waals surface area contributed by atoms with E-state index >= 15 is 0 Å². The van der Waals surface area contributed by atoms with Crippen molar-refractivity contribution in [2.45, 2.75) is 19.1 Å². The minimum absolute atomic E-state index is 0.00454. The lowest BCUT2D eigenvalue weighted by Crippen LogP contribution is -2.38. The summed E-state index contributed by atoms with van der Waals surface area (Å²) in [5.41, 5.74) is 1.41. The molecule has 21 heavy (non-hydrogen) atoms. The zero-order valence-corrected chi connectivity index (χ0v) is 11.8. The molecule has 3 rings (SSSR count). The third-order valence-electron chi connectivity index (χ3n) is 3.85. The van der Waals surface area contributed by atoms with E-state index in [0.717, 1.165) is 0 Å². The van der Waals surface area contributed by atoms with Crippen molar-refractivity contribution in [2.75, 3.05) is 14.2 Å². The van der Waals surface area contributed by atoms with Gasteiger partial charge in [-0.1, -0.05) is 0 Å². The van der Waals surface area contributed by atoms with E-state index < -0.39 is 18.2 Å². The number of aryl methyl sites for hydroxylation is 1. The number of esters is 1. The Balaban J connectivity index is 2.37. The number of cyclic esters (lactones) is 1. The average molecular weight is 290 g/mol. The van der Waals surface area contributed by atoms with E-state index in [1.165, 1.54) is 26.4 Å². The van der Waals surface area contributed by atoms with Crippen LogP contribution in [0.25, 0.3) is 0 Å². The van der Waals surface area contributed by atoms with Crippen LogP contribution in [0.3, 0.4) is 0 Å². The van der Waals surface area contributed by atoms with Crippen molar-refractivity contribution in [1.29, 1.82) is 0 Å². The summed E-state index contributed by atoms with van der Waals surface area (Å²) < 4.78 is 15.6. The van der Waals surface area contributed by atoms with Crippen molar-refractivity contribution in [3.63, 3.8) is 0 Å². The van der Waals surface area contributed by atoms with Gasteiger partial charge in [0.1, 0.15) is 23.0 Å². The van der Waals surface area contributed by atoms with E-state index in [2.05, 4.69) is 0 Å². The number of hydrogen-bond donors (Lipinski definition) is 1. The Labute approximate surface area is 120 Å². The molecule has 0 saturated heterocycles. The summed E-state index contributed by atoms with van der Waals surface area (Å²) in [6, 6.07) is 1.39. The Kier molecular flexibility index (Phi) is 2.98. The number of carbonyl (C=O) groups excluding carboxylic acids is 2. The Morgan fingerprint density at radius 2 is 1.95 bits per heavy atom. The summed E-state index contributed by atoms with van der Waals surface area (Å²) in [6.07, 6.45) is 0.468. The van der Waals surface area contributed by atoms with Crippen molar-refractivity contribution >= 4 is 11.8 Å². The van der Waals surface area contributed by atoms with Crippen molar-refractivity contribution in [2.24, 2.45) is 0 Å². The highest BCUT2D eigenvalue weighted by molar-refractivity contribution is 6.12. The number of phenols is 1. The number of benzene rings is 1. The lowest BCUT2D eigenvalue weighted by atomic mass is 9.78. The van der Waals surface area contributed by atoms with Gasteiger partial charge < -0.3 is 19.3 Å². The normalized spacial score (nSPS) is 23.3. The molecule has 0 fully saturated rings. The zero-order chi connectivity index (χ0) is 15.3. The number of carbonyl (C=O) groups is 2. The Bertz CT molecular complexity index is 688. The highest BCUT2D eigenvalue weighted by Gasteiger charge is 2.45. The van der Waals surface area contributed by atoms with Crippen LogP contribution >= 0.6 is 0 Å². The molecule has 0 amide bonds. The molecule has 1 heterocycles. The summed E-state index contributed by atoms with van der Waals surface area (Å²) in [5.74, 6) is -1.40. The van der Waals surface area contributed by atoms with Gasteiger partial charge in [-0.15, -0.1) is 0 Å². The SMILES string of the molecule is COC1=CC(=O)c2c(C)cc(O)c3c2C1C(OC)OC3=O. The van der Waals surface area contributed by atoms with Crippen LogP contribution in [0.1, 0.15) is 37.8 Å². The topological polar surface area (TPSA) is 82.1 Å². The first-order valence-corrected chi connectivity index (χ1v) is 6.39. The highest BCUT2D eigenvalue weighted by atomic mass is 16.7. The fourth-order valence-corrected chi connectivity index (χ4v) is 2.98. The van der Waals surface area contributed by atoms with Crippen molar-refractivity contribution in [1.82, 2.24) is 0 Å². The molecule has 0 bridgehead atoms. The van der Waals surface area contributed by atoms with E-state index in [4.69, 9.17) is 14.2 Å². The molecule has 6 heteroatoms. The number of hydrogen-bond acceptors (Lipinski definition) is 6. The Hall–Kier alpha value is -2.34. The number of methoxy groups -OCH3 is 2. The van der Waals surface area contributed by atoms with Crippen LogP contribution in [-0.4, -0.2) is 37.4 Å². The largest absolute Gasteiger partial charge is 0.507 e. The second-order valence-electron chi connectivity index (χ2n) is 4.98. The van der Waals surface area contributed by atoms with Gasteiger partial charge in [0.25, 0.3) is 0 Å². The molecular formula is C15H14O6. The second kappa shape index (κ2) is 4.60. The smallest absolute Gasteiger partial charge is 0.344 e. The first kappa shape index (κ1) is 13.6. The van der Waals surface area contributed by atoms with E-state index in [1.807, 2.05) is 0 Å². The van der Waals surface area contributed by atoms with Crippen LogP contribution in [0.15, 0.2) is 17.9 Å². The molecule has 1 N–H and O–H groups in total. The van der Waals surface area contributed by atoms with Gasteiger partial charge in [0, 0.05) is 18.7 Å². The predicted octanol–water partition coefficient (Wildman–Crippen LogP) is 1.65. The average Bonchev–Trinajstić information content (AvgIpc) is 2.44. The lowest BCUT2D eigenvalue weighted by Gasteiger charge is -2.36. The van der Waals surface area contributed by atoms with E-state index in [0.29, 0.717) is 22.4 Å². The van der Waals surface area contributed by atoms with E-state index in [9.17, 15) is 14.7 Å². The third-order valence-corrected chi connectivity index (χ3v) is 3.85. The maximum atomic E-state index is 12.3. The minimum Gasteiger partial charge on any atom is -0.507 e. The lowest BCUT2D eigenvalue weighted by molar-refractivity contribution is -0.110. The van der Waals surface area contributed by atoms with Gasteiger partial charge in [0.05, 0.1) is 7.11 Å². The van der Waals surface area contributed by atoms with Crippen LogP contribution in [-0.2, 0) is 14.2 Å². The first-order chi connectivity index (χ1) is 9.99. The maximum absolute atomic E-state index is 12.3. The predicted molar refractivity (Wildman–Crippen MR) is 71.2 cm³/mol. The fourth-order valence-electron chi connectivity index (χ4n) is 2.98. The highest BCUT2D eigenvalue weighted by Crippen LogP contribution is 2.46. The molecule has 2 atom stereocenters.